The second-order valence-electron chi connectivity index (χ2n) is 7.54. The van der Waals surface area contributed by atoms with E-state index in [0.29, 0.717) is 24.4 Å². The molecule has 0 radical (unpaired) electrons. The van der Waals surface area contributed by atoms with E-state index in [4.69, 9.17) is 9.47 Å². The molecule has 1 saturated heterocycles. The lowest BCUT2D eigenvalue weighted by atomic mass is 9.53. The van der Waals surface area contributed by atoms with Crippen molar-refractivity contribution in [1.82, 2.24) is 0 Å². The monoisotopic (exact) mass is 292 g/mol. The Balaban J connectivity index is 1.95. The smallest absolute Gasteiger partial charge is 0.302 e. The highest BCUT2D eigenvalue weighted by molar-refractivity contribution is 5.66. The summed E-state index contributed by atoms with van der Waals surface area (Å²) in [5.41, 5.74) is 1.49. The predicted molar refractivity (Wildman–Crippen MR) is 81.8 cm³/mol. The molecule has 1 spiro atoms. The van der Waals surface area contributed by atoms with Crippen LogP contribution >= 0.6 is 0 Å². The van der Waals surface area contributed by atoms with Crippen molar-refractivity contribution in [1.29, 1.82) is 0 Å². The molecule has 3 aliphatic rings. The predicted octanol–water partition coefficient (Wildman–Crippen LogP) is 3.73. The zero-order valence-corrected chi connectivity index (χ0v) is 13.8. The average Bonchev–Trinajstić information content (AvgIpc) is 2.86. The lowest BCUT2D eigenvalue weighted by Crippen LogP contribution is -2.61. The Bertz CT molecular complexity index is 461. The van der Waals surface area contributed by atoms with Crippen molar-refractivity contribution in [2.24, 2.45) is 23.2 Å². The number of allylic oxidation sites excluding steroid dienone is 1. The molecular formula is C18H28O3. The van der Waals surface area contributed by atoms with Crippen LogP contribution in [0.15, 0.2) is 11.6 Å². The third-order valence-corrected chi connectivity index (χ3v) is 6.51. The molecule has 1 saturated carbocycles. The van der Waals surface area contributed by atoms with E-state index in [-0.39, 0.29) is 17.0 Å². The van der Waals surface area contributed by atoms with Gasteiger partial charge in [0, 0.05) is 18.3 Å². The summed E-state index contributed by atoms with van der Waals surface area (Å²) >= 11 is 0. The van der Waals surface area contributed by atoms with E-state index < -0.39 is 0 Å². The van der Waals surface area contributed by atoms with Gasteiger partial charge in [-0.15, -0.1) is 0 Å². The van der Waals surface area contributed by atoms with Crippen molar-refractivity contribution in [3.8, 4) is 0 Å². The number of hydrogen-bond donors (Lipinski definition) is 0. The normalized spacial score (nSPS) is 41.0. The van der Waals surface area contributed by atoms with Crippen LogP contribution in [0, 0.1) is 23.2 Å². The summed E-state index contributed by atoms with van der Waals surface area (Å²) in [5, 5.41) is 0. The van der Waals surface area contributed by atoms with Gasteiger partial charge in [-0.2, -0.15) is 0 Å². The van der Waals surface area contributed by atoms with Crippen molar-refractivity contribution in [2.45, 2.75) is 59.0 Å². The number of fused-ring (bicyclic) bond motifs is 3. The van der Waals surface area contributed by atoms with Crippen molar-refractivity contribution in [3.63, 3.8) is 0 Å². The van der Waals surface area contributed by atoms with E-state index in [9.17, 15) is 4.79 Å². The summed E-state index contributed by atoms with van der Waals surface area (Å²) in [7, 11) is 0. The fraction of sp³-hybridized carbons (Fsp3) is 0.833. The molecule has 4 atom stereocenters. The lowest BCUT2D eigenvalue weighted by Gasteiger charge is -2.59. The van der Waals surface area contributed by atoms with Gasteiger partial charge < -0.3 is 9.47 Å². The summed E-state index contributed by atoms with van der Waals surface area (Å²) in [5.74, 6) is 1.19. The van der Waals surface area contributed by atoms with Gasteiger partial charge in [-0.05, 0) is 31.6 Å². The van der Waals surface area contributed by atoms with Gasteiger partial charge in [0.1, 0.15) is 0 Å². The first kappa shape index (κ1) is 15.1. The maximum atomic E-state index is 11.3. The minimum atomic E-state index is -0.187. The first-order valence-corrected chi connectivity index (χ1v) is 8.37. The van der Waals surface area contributed by atoms with Crippen LogP contribution in [0.2, 0.25) is 0 Å². The molecule has 0 aromatic rings. The second-order valence-corrected chi connectivity index (χ2v) is 7.54. The molecule has 1 aliphatic heterocycles. The summed E-state index contributed by atoms with van der Waals surface area (Å²) < 4.78 is 11.9. The van der Waals surface area contributed by atoms with Crippen LogP contribution in [0.1, 0.15) is 53.4 Å². The molecule has 118 valence electrons. The summed E-state index contributed by atoms with van der Waals surface area (Å²) in [4.78, 5) is 11.3. The summed E-state index contributed by atoms with van der Waals surface area (Å²) in [6, 6.07) is 0. The number of hydrogen-bond acceptors (Lipinski definition) is 3. The Morgan fingerprint density at radius 2 is 2.05 bits per heavy atom. The van der Waals surface area contributed by atoms with Crippen molar-refractivity contribution in [2.75, 3.05) is 13.2 Å². The van der Waals surface area contributed by atoms with Crippen LogP contribution in [-0.4, -0.2) is 24.8 Å². The molecule has 3 heteroatoms. The van der Waals surface area contributed by atoms with E-state index in [1.54, 1.807) is 0 Å². The molecule has 0 N–H and O–H groups in total. The molecule has 2 aliphatic carbocycles. The van der Waals surface area contributed by atoms with Crippen LogP contribution in [0.25, 0.3) is 0 Å². The quantitative estimate of drug-likeness (QED) is 0.574. The fourth-order valence-electron chi connectivity index (χ4n) is 5.28. The van der Waals surface area contributed by atoms with Crippen molar-refractivity contribution in [3.05, 3.63) is 11.6 Å². The summed E-state index contributed by atoms with van der Waals surface area (Å²) in [6.07, 6.45) is 7.35. The molecule has 21 heavy (non-hydrogen) atoms. The molecule has 3 nitrogen and oxygen atoms in total. The summed E-state index contributed by atoms with van der Waals surface area (Å²) in [6.45, 7) is 9.57. The molecule has 0 aromatic carbocycles. The van der Waals surface area contributed by atoms with E-state index in [1.807, 2.05) is 0 Å². The van der Waals surface area contributed by atoms with Crippen LogP contribution in [0.5, 0.6) is 0 Å². The Hall–Kier alpha value is -0.830. The van der Waals surface area contributed by atoms with Gasteiger partial charge in [0.15, 0.2) is 0 Å². The van der Waals surface area contributed by atoms with Gasteiger partial charge in [-0.25, -0.2) is 0 Å². The molecular weight excluding hydrogens is 264 g/mol. The van der Waals surface area contributed by atoms with E-state index >= 15 is 0 Å². The Morgan fingerprint density at radius 1 is 1.38 bits per heavy atom. The van der Waals surface area contributed by atoms with E-state index in [0.717, 1.165) is 6.61 Å². The number of rotatable bonds is 2. The Kier molecular flexibility index (Phi) is 3.67. The van der Waals surface area contributed by atoms with Gasteiger partial charge in [-0.3, -0.25) is 4.79 Å². The number of esters is 1. The van der Waals surface area contributed by atoms with Crippen molar-refractivity contribution >= 4 is 5.97 Å². The Labute approximate surface area is 128 Å². The molecule has 1 heterocycles. The highest BCUT2D eigenvalue weighted by Crippen LogP contribution is 2.59. The SMILES string of the molecule is CC(=O)OC[C@]12COC3(CCCC3)[C@@H](C(C)=C[C@H]1C)[C@@H]2C. The second kappa shape index (κ2) is 5.12. The third-order valence-electron chi connectivity index (χ3n) is 6.51. The minimum Gasteiger partial charge on any atom is -0.465 e. The Morgan fingerprint density at radius 3 is 2.67 bits per heavy atom. The maximum Gasteiger partial charge on any atom is 0.302 e. The van der Waals surface area contributed by atoms with Crippen LogP contribution < -0.4 is 0 Å². The van der Waals surface area contributed by atoms with E-state index in [2.05, 4.69) is 26.8 Å². The molecule has 0 unspecified atom stereocenters. The molecule has 2 bridgehead atoms. The van der Waals surface area contributed by atoms with Crippen molar-refractivity contribution < 1.29 is 14.3 Å². The van der Waals surface area contributed by atoms with Gasteiger partial charge >= 0.3 is 5.97 Å². The van der Waals surface area contributed by atoms with Gasteiger partial charge in [0.25, 0.3) is 0 Å². The highest BCUT2D eigenvalue weighted by Gasteiger charge is 2.60. The number of ether oxygens (including phenoxy) is 2. The zero-order chi connectivity index (χ0) is 15.3. The highest BCUT2D eigenvalue weighted by atomic mass is 16.5. The first-order chi connectivity index (χ1) is 9.91. The minimum absolute atomic E-state index is 0.0519. The zero-order valence-electron chi connectivity index (χ0n) is 13.8. The topological polar surface area (TPSA) is 35.5 Å². The number of carbonyl (C=O) groups excluding carboxylic acids is 1. The molecule has 0 aromatic heterocycles. The number of carbonyl (C=O) groups is 1. The third kappa shape index (κ3) is 2.16. The molecule has 0 amide bonds. The standard InChI is InChI=1S/C18H28O3/c1-12-9-13(2)17(10-20-15(4)19)11-21-18(7-5-6-8-18)16(12)14(17)3/h9,13-14,16H,5-8,10-11H2,1-4H3/t13-,14+,16+,17+/m1/s1. The molecule has 3 rings (SSSR count). The van der Waals surface area contributed by atoms with Crippen LogP contribution in [0.3, 0.4) is 0 Å². The largest absolute Gasteiger partial charge is 0.465 e. The van der Waals surface area contributed by atoms with Gasteiger partial charge in [0.2, 0.25) is 0 Å². The van der Waals surface area contributed by atoms with Crippen LogP contribution in [-0.2, 0) is 14.3 Å². The maximum absolute atomic E-state index is 11.3. The van der Waals surface area contributed by atoms with Gasteiger partial charge in [0.05, 0.1) is 18.8 Å². The first-order valence-electron chi connectivity index (χ1n) is 8.37. The average molecular weight is 292 g/mol. The lowest BCUT2D eigenvalue weighted by molar-refractivity contribution is -0.217. The van der Waals surface area contributed by atoms with Crippen LogP contribution in [0.4, 0.5) is 0 Å². The van der Waals surface area contributed by atoms with E-state index in [1.165, 1.54) is 38.2 Å². The fourth-order valence-corrected chi connectivity index (χ4v) is 5.28. The molecule has 2 fully saturated rings. The van der Waals surface area contributed by atoms with Gasteiger partial charge in [-0.1, -0.05) is 38.3 Å².